The number of ether oxygens (including phenoxy) is 1. The monoisotopic (exact) mass is 552 g/mol. The number of anilines is 1. The Bertz CT molecular complexity index is 1840. The van der Waals surface area contributed by atoms with Gasteiger partial charge < -0.3 is 19.8 Å². The molecule has 2 aromatic heterocycles. The first-order valence-electron chi connectivity index (χ1n) is 13.0. The minimum absolute atomic E-state index is 0.155. The summed E-state index contributed by atoms with van der Waals surface area (Å²) in [5, 5.41) is 5.72. The molecule has 5 rings (SSSR count). The fourth-order valence-corrected chi connectivity index (χ4v) is 4.45. The van der Waals surface area contributed by atoms with Gasteiger partial charge in [-0.1, -0.05) is 29.8 Å². The van der Waals surface area contributed by atoms with Gasteiger partial charge in [0.25, 0.3) is 11.5 Å². The van der Waals surface area contributed by atoms with E-state index < -0.39 is 29.6 Å². The molecule has 41 heavy (non-hydrogen) atoms. The third-order valence-electron chi connectivity index (χ3n) is 6.46. The summed E-state index contributed by atoms with van der Waals surface area (Å²) in [7, 11) is 0. The van der Waals surface area contributed by atoms with Gasteiger partial charge in [-0.25, -0.2) is 9.36 Å². The first kappa shape index (κ1) is 27.2. The maximum absolute atomic E-state index is 13.8. The molecule has 0 aliphatic heterocycles. The van der Waals surface area contributed by atoms with E-state index in [9.17, 15) is 19.2 Å². The zero-order chi connectivity index (χ0) is 28.9. The Balaban J connectivity index is 1.58. The highest BCUT2D eigenvalue weighted by molar-refractivity contribution is 5.98. The third kappa shape index (κ3) is 5.81. The lowest BCUT2D eigenvalue weighted by Crippen LogP contribution is -2.41. The van der Waals surface area contributed by atoms with Crippen LogP contribution in [0.3, 0.4) is 0 Å². The maximum Gasteiger partial charge on any atom is 0.336 e. The van der Waals surface area contributed by atoms with E-state index >= 15 is 0 Å². The highest BCUT2D eigenvalue weighted by Crippen LogP contribution is 2.24. The smallest absolute Gasteiger partial charge is 0.336 e. The molecule has 0 aliphatic carbocycles. The number of benzene rings is 3. The predicted octanol–water partition coefficient (Wildman–Crippen LogP) is 4.02. The molecule has 2 amide bonds. The quantitative estimate of drug-likeness (QED) is 0.285. The molecule has 0 spiro atoms. The number of hydrogen-bond acceptors (Lipinski definition) is 6. The third-order valence-corrected chi connectivity index (χ3v) is 6.46. The number of para-hydroxylation sites is 2. The van der Waals surface area contributed by atoms with Gasteiger partial charge in [-0.3, -0.25) is 19.0 Å². The molecule has 0 saturated carbocycles. The number of nitrogens with zero attached hydrogens (tertiary/aromatic N) is 2. The van der Waals surface area contributed by atoms with Crippen molar-refractivity contribution in [3.8, 4) is 11.4 Å². The predicted molar refractivity (Wildman–Crippen MR) is 155 cm³/mol. The van der Waals surface area contributed by atoms with Crippen LogP contribution in [0.4, 0.5) is 5.69 Å². The summed E-state index contributed by atoms with van der Waals surface area (Å²) >= 11 is 0. The van der Waals surface area contributed by atoms with E-state index in [1.807, 2.05) is 13.8 Å². The van der Waals surface area contributed by atoms with Crippen molar-refractivity contribution >= 4 is 28.4 Å². The number of carbonyl (C=O) groups is 2. The summed E-state index contributed by atoms with van der Waals surface area (Å²) in [5.41, 5.74) is 0.863. The minimum Gasteiger partial charge on any atom is -0.492 e. The normalized spacial score (nSPS) is 10.9. The number of fused-ring (bicyclic) bond motifs is 1. The van der Waals surface area contributed by atoms with E-state index in [1.54, 1.807) is 60.7 Å². The molecule has 0 radical (unpaired) electrons. The van der Waals surface area contributed by atoms with Crippen molar-refractivity contribution in [3.63, 3.8) is 0 Å². The van der Waals surface area contributed by atoms with E-state index in [1.165, 1.54) is 29.0 Å². The summed E-state index contributed by atoms with van der Waals surface area (Å²) in [6.45, 7) is 3.88. The second-order valence-corrected chi connectivity index (χ2v) is 9.32. The van der Waals surface area contributed by atoms with Crippen LogP contribution in [0.25, 0.3) is 16.6 Å². The Morgan fingerprint density at radius 3 is 2.46 bits per heavy atom. The average Bonchev–Trinajstić information content (AvgIpc) is 3.50. The molecule has 0 bridgehead atoms. The lowest BCUT2D eigenvalue weighted by molar-refractivity contribution is -0.116. The van der Waals surface area contributed by atoms with Crippen LogP contribution in [-0.4, -0.2) is 27.6 Å². The van der Waals surface area contributed by atoms with Gasteiger partial charge in [0.05, 0.1) is 41.7 Å². The number of hydrogen-bond donors (Lipinski definition) is 2. The molecular formula is C31H28N4O6. The van der Waals surface area contributed by atoms with Crippen LogP contribution >= 0.6 is 0 Å². The number of furan rings is 1. The van der Waals surface area contributed by atoms with E-state index in [0.717, 1.165) is 10.1 Å². The molecule has 0 atom stereocenters. The second-order valence-electron chi connectivity index (χ2n) is 9.32. The SMILES string of the molecule is CCOc1ccccc1NC(=O)Cn1c(=O)n(-c2ccc(C)cc2)c(=O)c2ccc(C(=O)NCc3ccco3)cc21. The van der Waals surface area contributed by atoms with Crippen molar-refractivity contribution in [2.24, 2.45) is 0 Å². The molecule has 10 nitrogen and oxygen atoms in total. The van der Waals surface area contributed by atoms with Crippen molar-refractivity contribution in [3.05, 3.63) is 123 Å². The maximum atomic E-state index is 13.8. The van der Waals surface area contributed by atoms with E-state index in [-0.39, 0.29) is 23.0 Å². The van der Waals surface area contributed by atoms with Gasteiger partial charge in [0.15, 0.2) is 0 Å². The number of carbonyl (C=O) groups excluding carboxylic acids is 2. The number of aryl methyl sites for hydroxylation is 1. The van der Waals surface area contributed by atoms with Gasteiger partial charge in [0.1, 0.15) is 18.1 Å². The van der Waals surface area contributed by atoms with Crippen LogP contribution in [0.5, 0.6) is 5.75 Å². The van der Waals surface area contributed by atoms with Gasteiger partial charge in [0, 0.05) is 5.56 Å². The molecule has 0 unspecified atom stereocenters. The Kier molecular flexibility index (Phi) is 7.82. The topological polar surface area (TPSA) is 125 Å². The first-order chi connectivity index (χ1) is 19.9. The van der Waals surface area contributed by atoms with Crippen LogP contribution in [-0.2, 0) is 17.9 Å². The Hall–Kier alpha value is -5.38. The molecule has 0 fully saturated rings. The average molecular weight is 553 g/mol. The molecule has 0 saturated heterocycles. The highest BCUT2D eigenvalue weighted by Gasteiger charge is 2.19. The molecule has 208 valence electrons. The molecule has 0 aliphatic rings. The van der Waals surface area contributed by atoms with Crippen molar-refractivity contribution in [2.75, 3.05) is 11.9 Å². The van der Waals surface area contributed by atoms with Crippen LogP contribution in [0.2, 0.25) is 0 Å². The lowest BCUT2D eigenvalue weighted by atomic mass is 10.1. The Morgan fingerprint density at radius 2 is 1.73 bits per heavy atom. The zero-order valence-electron chi connectivity index (χ0n) is 22.5. The molecule has 3 aromatic carbocycles. The van der Waals surface area contributed by atoms with Crippen LogP contribution in [0, 0.1) is 6.92 Å². The summed E-state index contributed by atoms with van der Waals surface area (Å²) in [4.78, 5) is 53.6. The van der Waals surface area contributed by atoms with Gasteiger partial charge in [-0.05, 0) is 68.4 Å². The minimum atomic E-state index is -0.715. The van der Waals surface area contributed by atoms with Crippen molar-refractivity contribution in [1.29, 1.82) is 0 Å². The number of amides is 2. The Morgan fingerprint density at radius 1 is 0.951 bits per heavy atom. The van der Waals surface area contributed by atoms with Crippen molar-refractivity contribution in [1.82, 2.24) is 14.5 Å². The Labute approximate surface area is 234 Å². The highest BCUT2D eigenvalue weighted by atomic mass is 16.5. The standard InChI is InChI=1S/C31H28N4O6/c1-3-40-27-9-5-4-8-25(27)33-28(36)19-34-26-17-21(29(37)32-18-23-7-6-16-41-23)12-15-24(26)30(38)35(31(34)39)22-13-10-20(2)11-14-22/h4-17H,3,18-19H2,1-2H3,(H,32,37)(H,33,36). The zero-order valence-corrected chi connectivity index (χ0v) is 22.5. The lowest BCUT2D eigenvalue weighted by Gasteiger charge is -2.16. The van der Waals surface area contributed by atoms with Crippen molar-refractivity contribution < 1.29 is 18.7 Å². The van der Waals surface area contributed by atoms with Crippen molar-refractivity contribution in [2.45, 2.75) is 26.9 Å². The summed E-state index contributed by atoms with van der Waals surface area (Å²) in [6.07, 6.45) is 1.51. The van der Waals surface area contributed by atoms with Gasteiger partial charge in [-0.15, -0.1) is 0 Å². The largest absolute Gasteiger partial charge is 0.492 e. The first-order valence-corrected chi connectivity index (χ1v) is 13.0. The van der Waals surface area contributed by atoms with Gasteiger partial charge in [-0.2, -0.15) is 0 Å². The van der Waals surface area contributed by atoms with Crippen LogP contribution in [0.1, 0.15) is 28.6 Å². The fraction of sp³-hybridized carbons (Fsp3) is 0.161. The van der Waals surface area contributed by atoms with Gasteiger partial charge in [0.2, 0.25) is 5.91 Å². The number of aromatic nitrogens is 2. The molecule has 2 N–H and O–H groups in total. The van der Waals surface area contributed by atoms with E-state index in [2.05, 4.69) is 10.6 Å². The molecular weight excluding hydrogens is 524 g/mol. The second kappa shape index (κ2) is 11.8. The number of rotatable bonds is 9. The number of nitrogens with one attached hydrogen (secondary N) is 2. The summed E-state index contributed by atoms with van der Waals surface area (Å²) in [5.74, 6) is 0.115. The summed E-state index contributed by atoms with van der Waals surface area (Å²) < 4.78 is 13.1. The van der Waals surface area contributed by atoms with Crippen LogP contribution < -0.4 is 26.6 Å². The molecule has 2 heterocycles. The summed E-state index contributed by atoms with van der Waals surface area (Å²) in [6, 6.07) is 21.8. The van der Waals surface area contributed by atoms with E-state index in [0.29, 0.717) is 29.5 Å². The molecule has 5 aromatic rings. The van der Waals surface area contributed by atoms with E-state index in [4.69, 9.17) is 9.15 Å². The fourth-order valence-electron chi connectivity index (χ4n) is 4.45. The van der Waals surface area contributed by atoms with Gasteiger partial charge >= 0.3 is 5.69 Å². The van der Waals surface area contributed by atoms with Crippen LogP contribution in [0.15, 0.2) is 99.1 Å². The molecule has 10 heteroatoms.